The lowest BCUT2D eigenvalue weighted by Gasteiger charge is -2.08. The van der Waals surface area contributed by atoms with Gasteiger partial charge in [-0.25, -0.2) is 0 Å². The molecule has 0 saturated heterocycles. The third-order valence-electron chi connectivity index (χ3n) is 2.85. The molecule has 0 bridgehead atoms. The molecular formula is C15H12N2O4. The predicted octanol–water partition coefficient (Wildman–Crippen LogP) is 2.54. The number of aliphatic hydroxyl groups excluding tert-OH is 1. The maximum absolute atomic E-state index is 11.0. The van der Waals surface area contributed by atoms with Gasteiger partial charge in [-0.05, 0) is 29.3 Å². The molecule has 0 spiro atoms. The predicted molar refractivity (Wildman–Crippen MR) is 74.5 cm³/mol. The molecule has 0 fully saturated rings. The Bertz CT molecular complexity index is 707. The summed E-state index contributed by atoms with van der Waals surface area (Å²) in [5.41, 5.74) is 1.49. The minimum absolute atomic E-state index is 0.120. The van der Waals surface area contributed by atoms with E-state index in [1.807, 2.05) is 6.07 Å². The summed E-state index contributed by atoms with van der Waals surface area (Å²) >= 11 is 0. The van der Waals surface area contributed by atoms with Crippen molar-refractivity contribution < 1.29 is 14.8 Å². The Morgan fingerprint density at radius 1 is 1.24 bits per heavy atom. The smallest absolute Gasteiger partial charge is 0.311 e. The van der Waals surface area contributed by atoms with Crippen LogP contribution in [0.25, 0.3) is 0 Å². The fraction of sp³-hybridized carbons (Fsp3) is 0.133. The van der Waals surface area contributed by atoms with Gasteiger partial charge in [0.05, 0.1) is 23.2 Å². The fourth-order valence-electron chi connectivity index (χ4n) is 1.82. The Morgan fingerprint density at radius 3 is 2.71 bits per heavy atom. The van der Waals surface area contributed by atoms with Crippen molar-refractivity contribution in [3.05, 3.63) is 69.3 Å². The molecule has 2 aromatic rings. The molecule has 0 aliphatic rings. The van der Waals surface area contributed by atoms with Crippen molar-refractivity contribution in [1.82, 2.24) is 0 Å². The summed E-state index contributed by atoms with van der Waals surface area (Å²) in [5.74, 6) is 0.125. The van der Waals surface area contributed by atoms with Gasteiger partial charge in [-0.2, -0.15) is 5.26 Å². The highest BCUT2D eigenvalue weighted by Gasteiger charge is 2.16. The normalized spacial score (nSPS) is 9.90. The molecule has 2 aromatic carbocycles. The van der Waals surface area contributed by atoms with E-state index in [2.05, 4.69) is 0 Å². The summed E-state index contributed by atoms with van der Waals surface area (Å²) in [7, 11) is 0. The Hall–Kier alpha value is -2.91. The summed E-state index contributed by atoms with van der Waals surface area (Å²) in [4.78, 5) is 10.4. The van der Waals surface area contributed by atoms with Crippen LogP contribution in [0.4, 0.5) is 5.69 Å². The van der Waals surface area contributed by atoms with E-state index in [1.165, 1.54) is 12.1 Å². The van der Waals surface area contributed by atoms with Gasteiger partial charge in [0.1, 0.15) is 6.61 Å². The monoisotopic (exact) mass is 284 g/mol. The minimum atomic E-state index is -0.555. The quantitative estimate of drug-likeness (QED) is 0.672. The van der Waals surface area contributed by atoms with Gasteiger partial charge in [-0.1, -0.05) is 18.2 Å². The molecule has 1 N–H and O–H groups in total. The Morgan fingerprint density at radius 2 is 2.05 bits per heavy atom. The largest absolute Gasteiger partial charge is 0.482 e. The number of benzene rings is 2. The van der Waals surface area contributed by atoms with Gasteiger partial charge in [0, 0.05) is 6.07 Å². The first kappa shape index (κ1) is 14.5. The molecule has 6 heteroatoms. The highest BCUT2D eigenvalue weighted by atomic mass is 16.6. The van der Waals surface area contributed by atoms with Crippen molar-refractivity contribution in [2.24, 2.45) is 0 Å². The third-order valence-corrected chi connectivity index (χ3v) is 2.85. The van der Waals surface area contributed by atoms with Crippen molar-refractivity contribution in [3.63, 3.8) is 0 Å². The van der Waals surface area contributed by atoms with Gasteiger partial charge in [-0.15, -0.1) is 0 Å². The highest BCUT2D eigenvalue weighted by molar-refractivity contribution is 5.48. The maximum Gasteiger partial charge on any atom is 0.311 e. The summed E-state index contributed by atoms with van der Waals surface area (Å²) in [6.45, 7) is -0.153. The molecule has 106 valence electrons. The molecular weight excluding hydrogens is 272 g/mol. The zero-order chi connectivity index (χ0) is 15.2. The highest BCUT2D eigenvalue weighted by Crippen LogP contribution is 2.28. The molecule has 0 heterocycles. The molecule has 0 aliphatic heterocycles. The van der Waals surface area contributed by atoms with Crippen LogP contribution in [0.15, 0.2) is 42.5 Å². The second-order valence-electron chi connectivity index (χ2n) is 4.32. The summed E-state index contributed by atoms with van der Waals surface area (Å²) in [6.07, 6.45) is 0. The first-order chi connectivity index (χ1) is 10.1. The van der Waals surface area contributed by atoms with Crippen LogP contribution in [0.2, 0.25) is 0 Å². The molecule has 21 heavy (non-hydrogen) atoms. The first-order valence-corrected chi connectivity index (χ1v) is 6.14. The van der Waals surface area contributed by atoms with E-state index >= 15 is 0 Å². The van der Waals surface area contributed by atoms with Gasteiger partial charge < -0.3 is 9.84 Å². The van der Waals surface area contributed by atoms with Gasteiger partial charge in [-0.3, -0.25) is 10.1 Å². The lowest BCUT2D eigenvalue weighted by Crippen LogP contribution is -2.00. The standard InChI is InChI=1S/C15H12N2O4/c16-8-11-2-1-3-13(6-11)10-21-15-5-4-12(9-18)7-14(15)17(19)20/h1-7,18H,9-10H2. The molecule has 0 unspecified atom stereocenters. The average molecular weight is 284 g/mol. The summed E-state index contributed by atoms with van der Waals surface area (Å²) in [5, 5.41) is 28.8. The number of hydrogen-bond acceptors (Lipinski definition) is 5. The van der Waals surface area contributed by atoms with Crippen molar-refractivity contribution in [2.45, 2.75) is 13.2 Å². The van der Waals surface area contributed by atoms with Crippen LogP contribution in [-0.2, 0) is 13.2 Å². The second kappa shape index (κ2) is 6.50. The zero-order valence-electron chi connectivity index (χ0n) is 11.0. The average Bonchev–Trinajstić information content (AvgIpc) is 2.52. The van der Waals surface area contributed by atoms with E-state index in [4.69, 9.17) is 15.1 Å². The summed E-state index contributed by atoms with van der Waals surface area (Å²) in [6, 6.07) is 13.1. The van der Waals surface area contributed by atoms with Gasteiger partial charge in [0.2, 0.25) is 0 Å². The van der Waals surface area contributed by atoms with Gasteiger partial charge in [0.25, 0.3) is 0 Å². The number of rotatable bonds is 5. The van der Waals surface area contributed by atoms with Crippen LogP contribution < -0.4 is 4.74 Å². The van der Waals surface area contributed by atoms with Crippen LogP contribution in [0.1, 0.15) is 16.7 Å². The number of hydrogen-bond donors (Lipinski definition) is 1. The van der Waals surface area contributed by atoms with Crippen molar-refractivity contribution in [2.75, 3.05) is 0 Å². The van der Waals surface area contributed by atoms with Crippen molar-refractivity contribution >= 4 is 5.69 Å². The van der Waals surface area contributed by atoms with Crippen LogP contribution in [-0.4, -0.2) is 10.0 Å². The fourth-order valence-corrected chi connectivity index (χ4v) is 1.82. The Balaban J connectivity index is 2.19. The Labute approximate surface area is 121 Å². The number of nitrogens with zero attached hydrogens (tertiary/aromatic N) is 2. The SMILES string of the molecule is N#Cc1cccc(COc2ccc(CO)cc2[N+](=O)[O-])c1. The topological polar surface area (TPSA) is 96.4 Å². The number of nitriles is 1. The number of ether oxygens (including phenoxy) is 1. The van der Waals surface area contributed by atoms with Crippen LogP contribution in [0.5, 0.6) is 5.75 Å². The lowest BCUT2D eigenvalue weighted by molar-refractivity contribution is -0.386. The van der Waals surface area contributed by atoms with E-state index in [9.17, 15) is 10.1 Å². The molecule has 0 radical (unpaired) electrons. The van der Waals surface area contributed by atoms with Gasteiger partial charge in [0.15, 0.2) is 5.75 Å². The van der Waals surface area contributed by atoms with Crippen LogP contribution in [0.3, 0.4) is 0 Å². The zero-order valence-corrected chi connectivity index (χ0v) is 11.0. The van der Waals surface area contributed by atoms with Crippen LogP contribution >= 0.6 is 0 Å². The molecule has 6 nitrogen and oxygen atoms in total. The van der Waals surface area contributed by atoms with E-state index in [0.717, 1.165) is 5.56 Å². The summed E-state index contributed by atoms with van der Waals surface area (Å²) < 4.78 is 5.45. The number of nitro groups is 1. The van der Waals surface area contributed by atoms with Crippen molar-refractivity contribution in [3.8, 4) is 11.8 Å². The lowest BCUT2D eigenvalue weighted by atomic mass is 10.1. The maximum atomic E-state index is 11.0. The third kappa shape index (κ3) is 3.55. The molecule has 0 saturated carbocycles. The van der Waals surface area contributed by atoms with E-state index in [1.54, 1.807) is 30.3 Å². The van der Waals surface area contributed by atoms with Gasteiger partial charge >= 0.3 is 5.69 Å². The van der Waals surface area contributed by atoms with Crippen LogP contribution in [0, 0.1) is 21.4 Å². The number of aliphatic hydroxyl groups is 1. The molecule has 0 amide bonds. The number of nitro benzene ring substituents is 1. The van der Waals surface area contributed by atoms with Crippen molar-refractivity contribution in [1.29, 1.82) is 5.26 Å². The van der Waals surface area contributed by atoms with E-state index in [-0.39, 0.29) is 24.7 Å². The van der Waals surface area contributed by atoms with E-state index < -0.39 is 4.92 Å². The molecule has 0 aromatic heterocycles. The molecule has 0 atom stereocenters. The van der Waals surface area contributed by atoms with E-state index in [0.29, 0.717) is 11.1 Å². The minimum Gasteiger partial charge on any atom is -0.482 e. The molecule has 2 rings (SSSR count). The Kier molecular flexibility index (Phi) is 4.49. The second-order valence-corrected chi connectivity index (χ2v) is 4.32. The molecule has 0 aliphatic carbocycles. The first-order valence-electron chi connectivity index (χ1n) is 6.14.